The summed E-state index contributed by atoms with van der Waals surface area (Å²) in [7, 11) is 0. The summed E-state index contributed by atoms with van der Waals surface area (Å²) in [5.41, 5.74) is 3.79. The lowest BCUT2D eigenvalue weighted by Crippen LogP contribution is -2.48. The van der Waals surface area contributed by atoms with Gasteiger partial charge >= 0.3 is 0 Å². The summed E-state index contributed by atoms with van der Waals surface area (Å²) in [5, 5.41) is 2.90. The molecule has 3 rings (SSSR count). The van der Waals surface area contributed by atoms with Crippen molar-refractivity contribution in [1.29, 1.82) is 0 Å². The van der Waals surface area contributed by atoms with Crippen LogP contribution in [0.15, 0.2) is 42.5 Å². The summed E-state index contributed by atoms with van der Waals surface area (Å²) in [6, 6.07) is 12.6. The van der Waals surface area contributed by atoms with Gasteiger partial charge in [-0.05, 0) is 43.7 Å². The van der Waals surface area contributed by atoms with E-state index in [1.54, 1.807) is 34.1 Å². The molecule has 1 aliphatic rings. The van der Waals surface area contributed by atoms with Crippen molar-refractivity contribution < 1.29 is 14.4 Å². The van der Waals surface area contributed by atoms with E-state index in [4.69, 9.17) is 0 Å². The van der Waals surface area contributed by atoms with Gasteiger partial charge in [0.1, 0.15) is 0 Å². The van der Waals surface area contributed by atoms with Crippen LogP contribution in [-0.4, -0.2) is 54.2 Å². The number of nitrogens with zero attached hydrogens (tertiary/aromatic N) is 2. The smallest absolute Gasteiger partial charge is 0.255 e. The van der Waals surface area contributed by atoms with Gasteiger partial charge in [0.05, 0.1) is 0 Å². The van der Waals surface area contributed by atoms with E-state index in [1.807, 2.05) is 32.0 Å². The first-order chi connectivity index (χ1) is 13.0. The van der Waals surface area contributed by atoms with Crippen LogP contribution in [0.1, 0.15) is 31.8 Å². The number of nitrogens with one attached hydrogen (secondary N) is 1. The minimum absolute atomic E-state index is 0.123. The zero-order chi connectivity index (χ0) is 19.4. The van der Waals surface area contributed by atoms with Gasteiger partial charge in [-0.25, -0.2) is 0 Å². The van der Waals surface area contributed by atoms with Gasteiger partial charge in [-0.1, -0.05) is 23.8 Å². The summed E-state index contributed by atoms with van der Waals surface area (Å²) >= 11 is 0. The molecule has 6 nitrogen and oxygen atoms in total. The fourth-order valence-corrected chi connectivity index (χ4v) is 3.15. The quantitative estimate of drug-likeness (QED) is 0.846. The molecule has 0 bridgehead atoms. The minimum Gasteiger partial charge on any atom is -0.342 e. The van der Waals surface area contributed by atoms with Crippen molar-refractivity contribution in [2.45, 2.75) is 13.8 Å². The Hall–Kier alpha value is -3.15. The van der Waals surface area contributed by atoms with Crippen LogP contribution in [0.2, 0.25) is 0 Å². The van der Waals surface area contributed by atoms with Crippen LogP contribution in [0.4, 0.5) is 5.69 Å². The molecule has 6 heteroatoms. The minimum atomic E-state index is -0.248. The van der Waals surface area contributed by atoms with Gasteiger partial charge in [-0.2, -0.15) is 0 Å². The summed E-state index contributed by atoms with van der Waals surface area (Å²) < 4.78 is 0. The van der Waals surface area contributed by atoms with Gasteiger partial charge in [-0.3, -0.25) is 14.4 Å². The van der Waals surface area contributed by atoms with Gasteiger partial charge in [0, 0.05) is 43.0 Å². The van der Waals surface area contributed by atoms with E-state index < -0.39 is 0 Å². The molecule has 2 aromatic rings. The lowest BCUT2D eigenvalue weighted by Gasteiger charge is -2.32. The van der Waals surface area contributed by atoms with Crippen molar-refractivity contribution in [3.63, 3.8) is 0 Å². The molecule has 1 saturated heterocycles. The molecule has 0 radical (unpaired) electrons. The number of carbonyl (C=O) groups is 3. The maximum atomic E-state index is 12.7. The van der Waals surface area contributed by atoms with E-state index in [9.17, 15) is 14.4 Å². The Morgan fingerprint density at radius 1 is 0.963 bits per heavy atom. The topological polar surface area (TPSA) is 69.7 Å². The van der Waals surface area contributed by atoms with Crippen LogP contribution in [0.25, 0.3) is 0 Å². The molecule has 1 heterocycles. The predicted molar refractivity (Wildman–Crippen MR) is 104 cm³/mol. The monoisotopic (exact) mass is 365 g/mol. The highest BCUT2D eigenvalue weighted by Crippen LogP contribution is 2.18. The second-order valence-electron chi connectivity index (χ2n) is 6.79. The first-order valence-electron chi connectivity index (χ1n) is 8.95. The molecule has 0 spiro atoms. The normalized spacial score (nSPS) is 14.0. The molecule has 27 heavy (non-hydrogen) atoms. The Morgan fingerprint density at radius 2 is 1.67 bits per heavy atom. The van der Waals surface area contributed by atoms with E-state index in [2.05, 4.69) is 5.32 Å². The number of piperazine rings is 1. The number of aryl methyl sites for hydroxylation is 2. The van der Waals surface area contributed by atoms with Crippen LogP contribution in [0.3, 0.4) is 0 Å². The Labute approximate surface area is 158 Å². The maximum absolute atomic E-state index is 12.7. The number of hydrogen-bond acceptors (Lipinski definition) is 3. The van der Waals surface area contributed by atoms with E-state index in [0.29, 0.717) is 37.3 Å². The van der Waals surface area contributed by atoms with Gasteiger partial charge in [-0.15, -0.1) is 0 Å². The zero-order valence-corrected chi connectivity index (χ0v) is 15.6. The molecule has 0 atom stereocenters. The molecule has 1 N–H and O–H groups in total. The third-order valence-corrected chi connectivity index (χ3v) is 4.75. The van der Waals surface area contributed by atoms with Crippen LogP contribution >= 0.6 is 0 Å². The van der Waals surface area contributed by atoms with E-state index >= 15 is 0 Å². The number of carbonyl (C=O) groups excluding carboxylic acids is 3. The highest BCUT2D eigenvalue weighted by Gasteiger charge is 2.22. The van der Waals surface area contributed by atoms with Gasteiger partial charge in [0.15, 0.2) is 0 Å². The maximum Gasteiger partial charge on any atom is 0.255 e. The third kappa shape index (κ3) is 4.34. The summed E-state index contributed by atoms with van der Waals surface area (Å²) in [6.07, 6.45) is 0.805. The van der Waals surface area contributed by atoms with Crippen LogP contribution in [-0.2, 0) is 4.79 Å². The predicted octanol–water partition coefficient (Wildman–Crippen LogP) is 2.47. The molecule has 0 aromatic heterocycles. The van der Waals surface area contributed by atoms with Crippen LogP contribution in [0, 0.1) is 13.8 Å². The van der Waals surface area contributed by atoms with Crippen molar-refractivity contribution in [2.75, 3.05) is 31.5 Å². The van der Waals surface area contributed by atoms with Crippen molar-refractivity contribution in [1.82, 2.24) is 9.80 Å². The fourth-order valence-electron chi connectivity index (χ4n) is 3.15. The molecule has 1 fully saturated rings. The number of amides is 3. The van der Waals surface area contributed by atoms with Crippen LogP contribution in [0.5, 0.6) is 0 Å². The highest BCUT2D eigenvalue weighted by atomic mass is 16.2. The number of anilines is 1. The Balaban J connectivity index is 1.72. The molecule has 0 saturated carbocycles. The second kappa shape index (κ2) is 8.03. The first kappa shape index (κ1) is 18.6. The second-order valence-corrected chi connectivity index (χ2v) is 6.79. The van der Waals surface area contributed by atoms with Crippen molar-refractivity contribution in [2.24, 2.45) is 0 Å². The van der Waals surface area contributed by atoms with Gasteiger partial charge < -0.3 is 15.1 Å². The number of rotatable bonds is 4. The summed E-state index contributed by atoms with van der Waals surface area (Å²) in [4.78, 5) is 39.5. The number of hydrogen-bond donors (Lipinski definition) is 1. The Kier molecular flexibility index (Phi) is 5.54. The Morgan fingerprint density at radius 3 is 2.33 bits per heavy atom. The highest BCUT2D eigenvalue weighted by molar-refractivity contribution is 6.06. The van der Waals surface area contributed by atoms with Crippen LogP contribution < -0.4 is 5.32 Å². The standard InChI is InChI=1S/C21H23N3O3/c1-15-6-7-19(16(2)12-15)22-20(26)17-4-3-5-18(13-17)21(27)24-10-8-23(14-25)9-11-24/h3-7,12-14H,8-11H2,1-2H3,(H,22,26). The van der Waals surface area contributed by atoms with Gasteiger partial charge in [0.25, 0.3) is 11.8 Å². The fraction of sp³-hybridized carbons (Fsp3) is 0.286. The lowest BCUT2D eigenvalue weighted by molar-refractivity contribution is -0.119. The van der Waals surface area contributed by atoms with E-state index in [-0.39, 0.29) is 11.8 Å². The first-order valence-corrected chi connectivity index (χ1v) is 8.95. The van der Waals surface area contributed by atoms with Crippen molar-refractivity contribution in [3.05, 3.63) is 64.7 Å². The van der Waals surface area contributed by atoms with E-state index in [0.717, 1.165) is 23.2 Å². The molecule has 1 aliphatic heterocycles. The summed E-state index contributed by atoms with van der Waals surface area (Å²) in [6.45, 7) is 6.00. The molecular weight excluding hydrogens is 342 g/mol. The molecule has 2 aromatic carbocycles. The zero-order valence-electron chi connectivity index (χ0n) is 15.6. The average molecular weight is 365 g/mol. The molecule has 140 valence electrons. The Bertz CT molecular complexity index is 871. The van der Waals surface area contributed by atoms with Crippen molar-refractivity contribution >= 4 is 23.9 Å². The molecule has 3 amide bonds. The SMILES string of the molecule is Cc1ccc(NC(=O)c2cccc(C(=O)N3CCN(C=O)CC3)c2)c(C)c1. The molecular formula is C21H23N3O3. The van der Waals surface area contributed by atoms with Gasteiger partial charge in [0.2, 0.25) is 6.41 Å². The lowest BCUT2D eigenvalue weighted by atomic mass is 10.1. The number of benzene rings is 2. The van der Waals surface area contributed by atoms with Crippen molar-refractivity contribution in [3.8, 4) is 0 Å². The largest absolute Gasteiger partial charge is 0.342 e. The third-order valence-electron chi connectivity index (χ3n) is 4.75. The molecule has 0 unspecified atom stereocenters. The van der Waals surface area contributed by atoms with E-state index in [1.165, 1.54) is 0 Å². The molecule has 0 aliphatic carbocycles. The average Bonchev–Trinajstić information content (AvgIpc) is 2.69. The summed E-state index contributed by atoms with van der Waals surface area (Å²) in [5.74, 6) is -0.371.